The molecule has 1 aromatic rings. The number of nitrogen functional groups attached to an aromatic ring is 1. The van der Waals surface area contributed by atoms with Crippen LogP contribution < -0.4 is 10.6 Å². The van der Waals surface area contributed by atoms with Crippen LogP contribution in [0.3, 0.4) is 0 Å². The van der Waals surface area contributed by atoms with Crippen molar-refractivity contribution in [2.45, 2.75) is 26.3 Å². The van der Waals surface area contributed by atoms with Gasteiger partial charge in [0.2, 0.25) is 0 Å². The Kier molecular flexibility index (Phi) is 4.84. The second-order valence-electron chi connectivity index (χ2n) is 4.82. The lowest BCUT2D eigenvalue weighted by molar-refractivity contribution is 0.0527. The van der Waals surface area contributed by atoms with E-state index in [-0.39, 0.29) is 5.97 Å². The van der Waals surface area contributed by atoms with Gasteiger partial charge in [0.1, 0.15) is 0 Å². The van der Waals surface area contributed by atoms with Crippen molar-refractivity contribution in [3.8, 4) is 0 Å². The van der Waals surface area contributed by atoms with E-state index in [2.05, 4.69) is 11.8 Å². The highest BCUT2D eigenvalue weighted by Crippen LogP contribution is 2.26. The van der Waals surface area contributed by atoms with Crippen molar-refractivity contribution < 1.29 is 14.3 Å². The number of rotatable bonds is 4. The molecule has 1 saturated heterocycles. The van der Waals surface area contributed by atoms with Crippen LogP contribution in [0, 0.1) is 0 Å². The zero-order chi connectivity index (χ0) is 14.5. The van der Waals surface area contributed by atoms with Crippen molar-refractivity contribution in [3.63, 3.8) is 0 Å². The topological polar surface area (TPSA) is 64.8 Å². The molecule has 1 aliphatic heterocycles. The Bertz CT molecular complexity index is 476. The molecule has 0 aromatic heterocycles. The number of ether oxygens (including phenoxy) is 2. The van der Waals surface area contributed by atoms with E-state index in [4.69, 9.17) is 15.2 Å². The summed E-state index contributed by atoms with van der Waals surface area (Å²) in [7, 11) is 0. The van der Waals surface area contributed by atoms with Gasteiger partial charge < -0.3 is 20.1 Å². The van der Waals surface area contributed by atoms with Gasteiger partial charge in [0.05, 0.1) is 31.4 Å². The molecule has 0 saturated carbocycles. The molecule has 5 heteroatoms. The molecule has 20 heavy (non-hydrogen) atoms. The summed E-state index contributed by atoms with van der Waals surface area (Å²) >= 11 is 0. The highest BCUT2D eigenvalue weighted by molar-refractivity contribution is 5.96. The van der Waals surface area contributed by atoms with Crippen molar-refractivity contribution in [1.82, 2.24) is 0 Å². The molecule has 5 nitrogen and oxygen atoms in total. The molecule has 110 valence electrons. The van der Waals surface area contributed by atoms with Gasteiger partial charge in [-0.3, -0.25) is 0 Å². The smallest absolute Gasteiger partial charge is 0.340 e. The van der Waals surface area contributed by atoms with Crippen LogP contribution in [0.4, 0.5) is 11.4 Å². The third-order valence-electron chi connectivity index (χ3n) is 3.56. The van der Waals surface area contributed by atoms with Gasteiger partial charge in [0.25, 0.3) is 0 Å². The average Bonchev–Trinajstić information content (AvgIpc) is 2.48. The van der Waals surface area contributed by atoms with Crippen LogP contribution in [0.5, 0.6) is 0 Å². The van der Waals surface area contributed by atoms with E-state index in [9.17, 15) is 4.79 Å². The minimum atomic E-state index is -0.367. The molecule has 1 aromatic carbocycles. The average molecular weight is 278 g/mol. The Hall–Kier alpha value is -1.75. The number of nitrogens with two attached hydrogens (primary N) is 1. The molecule has 1 atom stereocenters. The largest absolute Gasteiger partial charge is 0.462 e. The van der Waals surface area contributed by atoms with Crippen molar-refractivity contribution in [2.24, 2.45) is 0 Å². The molecule has 1 fully saturated rings. The quantitative estimate of drug-likeness (QED) is 0.674. The molecule has 1 unspecified atom stereocenters. The molecule has 1 aliphatic rings. The standard InChI is InChI=1S/C15H22N2O3/c1-3-11-10-19-8-7-17(11)12-5-6-14(16)13(9-12)15(18)20-4-2/h5-6,9,11H,3-4,7-8,10,16H2,1-2H3. The van der Waals surface area contributed by atoms with Crippen LogP contribution in [0.1, 0.15) is 30.6 Å². The van der Waals surface area contributed by atoms with Crippen LogP contribution in [0.15, 0.2) is 18.2 Å². The number of hydrogen-bond acceptors (Lipinski definition) is 5. The first-order valence-corrected chi connectivity index (χ1v) is 7.08. The first-order chi connectivity index (χ1) is 9.67. The zero-order valence-electron chi connectivity index (χ0n) is 12.1. The van der Waals surface area contributed by atoms with E-state index < -0.39 is 0 Å². The van der Waals surface area contributed by atoms with E-state index in [1.807, 2.05) is 12.1 Å². The molecular weight excluding hydrogens is 256 g/mol. The first kappa shape index (κ1) is 14.7. The molecular formula is C15H22N2O3. The number of carbonyl (C=O) groups is 1. The van der Waals surface area contributed by atoms with Crippen LogP contribution in [-0.2, 0) is 9.47 Å². The number of nitrogens with zero attached hydrogens (tertiary/aromatic N) is 1. The lowest BCUT2D eigenvalue weighted by Gasteiger charge is -2.37. The molecule has 0 radical (unpaired) electrons. The van der Waals surface area contributed by atoms with E-state index >= 15 is 0 Å². The van der Waals surface area contributed by atoms with E-state index in [1.165, 1.54) is 0 Å². The third-order valence-corrected chi connectivity index (χ3v) is 3.56. The fourth-order valence-corrected chi connectivity index (χ4v) is 2.44. The van der Waals surface area contributed by atoms with Crippen molar-refractivity contribution in [1.29, 1.82) is 0 Å². The van der Waals surface area contributed by atoms with Crippen molar-refractivity contribution in [2.75, 3.05) is 37.0 Å². The second kappa shape index (κ2) is 6.61. The first-order valence-electron chi connectivity index (χ1n) is 7.08. The predicted molar refractivity (Wildman–Crippen MR) is 79.1 cm³/mol. The van der Waals surface area contributed by atoms with E-state index in [0.717, 1.165) is 25.3 Å². The minimum Gasteiger partial charge on any atom is -0.462 e. The number of benzene rings is 1. The molecule has 0 spiro atoms. The van der Waals surface area contributed by atoms with Crippen molar-refractivity contribution in [3.05, 3.63) is 23.8 Å². The van der Waals surface area contributed by atoms with Gasteiger partial charge in [0.15, 0.2) is 0 Å². The van der Waals surface area contributed by atoms with E-state index in [1.54, 1.807) is 13.0 Å². The Balaban J connectivity index is 2.28. The Labute approximate surface area is 119 Å². The second-order valence-corrected chi connectivity index (χ2v) is 4.82. The monoisotopic (exact) mass is 278 g/mol. The number of esters is 1. The number of carbonyl (C=O) groups excluding carboxylic acids is 1. The van der Waals surface area contributed by atoms with Gasteiger partial charge in [-0.15, -0.1) is 0 Å². The van der Waals surface area contributed by atoms with Gasteiger partial charge in [-0.25, -0.2) is 4.79 Å². The fraction of sp³-hybridized carbons (Fsp3) is 0.533. The Morgan fingerprint density at radius 3 is 3.00 bits per heavy atom. The summed E-state index contributed by atoms with van der Waals surface area (Å²) in [6, 6.07) is 5.87. The lowest BCUT2D eigenvalue weighted by Crippen LogP contribution is -2.45. The maximum Gasteiger partial charge on any atom is 0.340 e. The van der Waals surface area contributed by atoms with Crippen molar-refractivity contribution >= 4 is 17.3 Å². The summed E-state index contributed by atoms with van der Waals surface area (Å²) in [5, 5.41) is 0. The summed E-state index contributed by atoms with van der Waals surface area (Å²) in [6.45, 7) is 6.51. The van der Waals surface area contributed by atoms with Gasteiger partial charge in [-0.05, 0) is 31.5 Å². The molecule has 0 aliphatic carbocycles. The van der Waals surface area contributed by atoms with Crippen LogP contribution >= 0.6 is 0 Å². The molecule has 1 heterocycles. The molecule has 0 amide bonds. The maximum atomic E-state index is 11.9. The summed E-state index contributed by atoms with van der Waals surface area (Å²) in [4.78, 5) is 14.2. The number of morpholine rings is 1. The predicted octanol–water partition coefficient (Wildman–Crippen LogP) is 2.06. The highest BCUT2D eigenvalue weighted by Gasteiger charge is 2.23. The van der Waals surface area contributed by atoms with Crippen LogP contribution in [0.2, 0.25) is 0 Å². The van der Waals surface area contributed by atoms with Crippen LogP contribution in [-0.4, -0.2) is 38.4 Å². The van der Waals surface area contributed by atoms with Gasteiger partial charge in [0, 0.05) is 17.9 Å². The molecule has 2 rings (SSSR count). The highest BCUT2D eigenvalue weighted by atomic mass is 16.5. The number of hydrogen-bond donors (Lipinski definition) is 1. The summed E-state index contributed by atoms with van der Waals surface area (Å²) in [5.74, 6) is -0.367. The summed E-state index contributed by atoms with van der Waals surface area (Å²) < 4.78 is 10.5. The minimum absolute atomic E-state index is 0.336. The zero-order valence-corrected chi connectivity index (χ0v) is 12.1. The summed E-state index contributed by atoms with van der Waals surface area (Å²) in [6.07, 6.45) is 0.999. The summed E-state index contributed by atoms with van der Waals surface area (Å²) in [5.41, 5.74) is 7.76. The fourth-order valence-electron chi connectivity index (χ4n) is 2.44. The lowest BCUT2D eigenvalue weighted by atomic mass is 10.1. The maximum absolute atomic E-state index is 11.9. The molecule has 2 N–H and O–H groups in total. The van der Waals surface area contributed by atoms with Gasteiger partial charge in [-0.2, -0.15) is 0 Å². The SMILES string of the molecule is CCOC(=O)c1cc(N2CCOCC2CC)ccc1N. The van der Waals surface area contributed by atoms with Crippen LogP contribution in [0.25, 0.3) is 0 Å². The van der Waals surface area contributed by atoms with Gasteiger partial charge in [-0.1, -0.05) is 6.92 Å². The Morgan fingerprint density at radius 1 is 1.50 bits per heavy atom. The van der Waals surface area contributed by atoms with Gasteiger partial charge >= 0.3 is 5.97 Å². The third kappa shape index (κ3) is 3.04. The number of anilines is 2. The van der Waals surface area contributed by atoms with E-state index in [0.29, 0.717) is 30.5 Å². The molecule has 0 bridgehead atoms. The normalized spacial score (nSPS) is 18.9. The Morgan fingerprint density at radius 2 is 2.30 bits per heavy atom.